The van der Waals surface area contributed by atoms with Crippen LogP contribution in [0.25, 0.3) is 5.95 Å². The predicted molar refractivity (Wildman–Crippen MR) is 69.3 cm³/mol. The largest absolute Gasteiger partial charge is 0.480 e. The Labute approximate surface area is 111 Å². The third-order valence-corrected chi connectivity index (χ3v) is 2.70. The van der Waals surface area contributed by atoms with Crippen molar-refractivity contribution < 1.29 is 4.74 Å². The smallest absolute Gasteiger partial charge is 0.238 e. The first-order chi connectivity index (χ1) is 8.13. The molecule has 0 aromatic carbocycles. The van der Waals surface area contributed by atoms with Crippen molar-refractivity contribution in [3.63, 3.8) is 0 Å². The lowest BCUT2D eigenvalue weighted by atomic mass is 10.6. The summed E-state index contributed by atoms with van der Waals surface area (Å²) in [6, 6.07) is 0. The highest BCUT2D eigenvalue weighted by Gasteiger charge is 2.12. The summed E-state index contributed by atoms with van der Waals surface area (Å²) in [5, 5.41) is 0. The Kier molecular flexibility index (Phi) is 3.34. The first-order valence-corrected chi connectivity index (χ1v) is 5.73. The van der Waals surface area contributed by atoms with Crippen molar-refractivity contribution in [2.24, 2.45) is 5.73 Å². The van der Waals surface area contributed by atoms with E-state index in [4.69, 9.17) is 22.7 Å². The molecule has 8 heteroatoms. The molecule has 0 aliphatic heterocycles. The summed E-state index contributed by atoms with van der Waals surface area (Å²) in [6.45, 7) is 0. The van der Waals surface area contributed by atoms with Gasteiger partial charge < -0.3 is 10.5 Å². The van der Waals surface area contributed by atoms with E-state index >= 15 is 0 Å². The zero-order chi connectivity index (χ0) is 12.4. The second kappa shape index (κ2) is 4.76. The van der Waals surface area contributed by atoms with Crippen molar-refractivity contribution in [2.45, 2.75) is 0 Å². The molecule has 0 saturated heterocycles. The summed E-state index contributed by atoms with van der Waals surface area (Å²) in [5.41, 5.74) is 5.55. The Balaban J connectivity index is 2.53. The number of hydrogen-bond donors (Lipinski definition) is 1. The molecule has 0 fully saturated rings. The maximum absolute atomic E-state index is 5.55. The van der Waals surface area contributed by atoms with Crippen molar-refractivity contribution in [3.8, 4) is 11.8 Å². The average Bonchev–Trinajstić information content (AvgIpc) is 2.78. The maximum atomic E-state index is 5.55. The van der Waals surface area contributed by atoms with Gasteiger partial charge in [0.05, 0.1) is 17.8 Å². The van der Waals surface area contributed by atoms with Gasteiger partial charge in [-0.1, -0.05) is 12.2 Å². The van der Waals surface area contributed by atoms with Crippen molar-refractivity contribution in [3.05, 3.63) is 28.9 Å². The van der Waals surface area contributed by atoms with Crippen molar-refractivity contribution >= 4 is 33.1 Å². The van der Waals surface area contributed by atoms with Crippen LogP contribution in [0.15, 0.2) is 23.1 Å². The fourth-order valence-corrected chi connectivity index (χ4v) is 1.75. The Hall–Kier alpha value is -1.54. The lowest BCUT2D eigenvalue weighted by molar-refractivity contribution is 0.393. The standard InChI is InChI=1S/C9H8BrN5OS/c1-16-8-5(10)4-13-9(14-8)15-3-2-12-7(15)6(11)17/h2-4H,1H3,(H2,11,17). The predicted octanol–water partition coefficient (Wildman–Crippen LogP) is 1.07. The molecule has 2 aromatic heterocycles. The van der Waals surface area contributed by atoms with Gasteiger partial charge in [-0.25, -0.2) is 9.97 Å². The maximum Gasteiger partial charge on any atom is 0.238 e. The molecule has 0 aliphatic carbocycles. The van der Waals surface area contributed by atoms with E-state index in [1.54, 1.807) is 23.2 Å². The fourth-order valence-electron chi connectivity index (χ4n) is 1.25. The minimum Gasteiger partial charge on any atom is -0.480 e. The number of rotatable bonds is 3. The highest BCUT2D eigenvalue weighted by Crippen LogP contribution is 2.21. The molecule has 0 radical (unpaired) electrons. The van der Waals surface area contributed by atoms with Gasteiger partial charge in [-0.3, -0.25) is 4.57 Å². The van der Waals surface area contributed by atoms with Gasteiger partial charge in [0.1, 0.15) is 4.99 Å². The van der Waals surface area contributed by atoms with Crippen LogP contribution in [0.5, 0.6) is 5.88 Å². The van der Waals surface area contributed by atoms with E-state index in [9.17, 15) is 0 Å². The second-order valence-corrected chi connectivity index (χ2v) is 4.31. The minimum absolute atomic E-state index is 0.181. The van der Waals surface area contributed by atoms with E-state index in [0.717, 1.165) is 0 Å². The monoisotopic (exact) mass is 313 g/mol. The molecule has 2 heterocycles. The van der Waals surface area contributed by atoms with E-state index in [1.807, 2.05) is 0 Å². The number of nitrogens with two attached hydrogens (primary N) is 1. The summed E-state index contributed by atoms with van der Waals surface area (Å²) in [5.74, 6) is 1.26. The van der Waals surface area contributed by atoms with Crippen LogP contribution in [0.2, 0.25) is 0 Å². The molecule has 6 nitrogen and oxygen atoms in total. The number of imidazole rings is 1. The van der Waals surface area contributed by atoms with E-state index in [1.165, 1.54) is 7.11 Å². The summed E-state index contributed by atoms with van der Waals surface area (Å²) < 4.78 is 7.35. The SMILES string of the molecule is COc1nc(-n2ccnc2C(N)=S)ncc1Br. The average molecular weight is 314 g/mol. The van der Waals surface area contributed by atoms with Gasteiger partial charge in [-0.15, -0.1) is 0 Å². The van der Waals surface area contributed by atoms with Crippen LogP contribution in [0.1, 0.15) is 5.82 Å². The first-order valence-electron chi connectivity index (χ1n) is 4.53. The molecule has 0 bridgehead atoms. The number of ether oxygens (including phenoxy) is 1. The third-order valence-electron chi connectivity index (χ3n) is 1.97. The molecule has 2 aromatic rings. The minimum atomic E-state index is 0.181. The summed E-state index contributed by atoms with van der Waals surface area (Å²) in [7, 11) is 1.53. The molecule has 2 rings (SSSR count). The van der Waals surface area contributed by atoms with E-state index in [2.05, 4.69) is 30.9 Å². The number of halogens is 1. The van der Waals surface area contributed by atoms with Gasteiger partial charge in [0.25, 0.3) is 0 Å². The van der Waals surface area contributed by atoms with Gasteiger partial charge in [0.2, 0.25) is 11.8 Å². The second-order valence-electron chi connectivity index (χ2n) is 3.01. The summed E-state index contributed by atoms with van der Waals surface area (Å²) in [4.78, 5) is 12.6. The number of thiocarbonyl (C=S) groups is 1. The van der Waals surface area contributed by atoms with Crippen LogP contribution in [-0.2, 0) is 0 Å². The first kappa shape index (κ1) is 11.9. The summed E-state index contributed by atoms with van der Waals surface area (Å²) in [6.07, 6.45) is 4.84. The lowest BCUT2D eigenvalue weighted by Gasteiger charge is -2.07. The quantitative estimate of drug-likeness (QED) is 0.854. The van der Waals surface area contributed by atoms with Crippen molar-refractivity contribution in [2.75, 3.05) is 7.11 Å². The highest BCUT2D eigenvalue weighted by atomic mass is 79.9. The third kappa shape index (κ3) is 2.27. The molecular formula is C9H8BrN5OS. The molecule has 0 saturated carbocycles. The van der Waals surface area contributed by atoms with Crippen LogP contribution in [0.3, 0.4) is 0 Å². The number of aromatic nitrogens is 4. The molecular weight excluding hydrogens is 306 g/mol. The Bertz CT molecular complexity index is 570. The molecule has 17 heavy (non-hydrogen) atoms. The molecule has 0 amide bonds. The number of methoxy groups -OCH3 is 1. The van der Waals surface area contributed by atoms with Crippen molar-refractivity contribution in [1.29, 1.82) is 0 Å². The molecule has 88 valence electrons. The van der Waals surface area contributed by atoms with Gasteiger partial charge in [-0.2, -0.15) is 4.98 Å². The van der Waals surface area contributed by atoms with Crippen molar-refractivity contribution in [1.82, 2.24) is 19.5 Å². The van der Waals surface area contributed by atoms with Gasteiger partial charge in [0, 0.05) is 12.4 Å². The summed E-state index contributed by atoms with van der Waals surface area (Å²) >= 11 is 8.16. The topological polar surface area (TPSA) is 78.8 Å². The van der Waals surface area contributed by atoms with Crippen LogP contribution in [-0.4, -0.2) is 31.6 Å². The normalized spacial score (nSPS) is 10.2. The fraction of sp³-hybridized carbons (Fsp3) is 0.111. The van der Waals surface area contributed by atoms with Gasteiger partial charge in [0.15, 0.2) is 5.82 Å². The number of nitrogens with zero attached hydrogens (tertiary/aromatic N) is 4. The molecule has 0 aliphatic rings. The van der Waals surface area contributed by atoms with Crippen LogP contribution < -0.4 is 10.5 Å². The van der Waals surface area contributed by atoms with Crippen LogP contribution in [0, 0.1) is 0 Å². The Morgan fingerprint density at radius 2 is 2.29 bits per heavy atom. The van der Waals surface area contributed by atoms with E-state index in [0.29, 0.717) is 22.1 Å². The van der Waals surface area contributed by atoms with Gasteiger partial charge in [-0.05, 0) is 15.9 Å². The molecule has 0 atom stereocenters. The lowest BCUT2D eigenvalue weighted by Crippen LogP contribution is -2.17. The molecule has 0 spiro atoms. The van der Waals surface area contributed by atoms with Gasteiger partial charge >= 0.3 is 0 Å². The Morgan fingerprint density at radius 3 is 2.94 bits per heavy atom. The van der Waals surface area contributed by atoms with E-state index in [-0.39, 0.29) is 4.99 Å². The number of hydrogen-bond acceptors (Lipinski definition) is 5. The Morgan fingerprint density at radius 1 is 1.53 bits per heavy atom. The highest BCUT2D eigenvalue weighted by molar-refractivity contribution is 9.10. The molecule has 2 N–H and O–H groups in total. The van der Waals surface area contributed by atoms with Crippen LogP contribution >= 0.6 is 28.1 Å². The zero-order valence-electron chi connectivity index (χ0n) is 8.79. The zero-order valence-corrected chi connectivity index (χ0v) is 11.2. The van der Waals surface area contributed by atoms with E-state index < -0.39 is 0 Å². The van der Waals surface area contributed by atoms with Crippen LogP contribution in [0.4, 0.5) is 0 Å². The molecule has 0 unspecified atom stereocenters.